The van der Waals surface area contributed by atoms with Gasteiger partial charge in [0.2, 0.25) is 0 Å². The van der Waals surface area contributed by atoms with Crippen LogP contribution in [0.25, 0.3) is 0 Å². The molecule has 0 aromatic rings. The Bertz CT molecular complexity index is 794. The van der Waals surface area contributed by atoms with Gasteiger partial charge in [0.25, 0.3) is 0 Å². The molecule has 0 aromatic carbocycles. The molecule has 5 heteroatoms. The number of hydrogen-bond acceptors (Lipinski definition) is 0. The molecule has 2 rings (SSSR count). The summed E-state index contributed by atoms with van der Waals surface area (Å²) in [7, 11) is -6.80. The third kappa shape index (κ3) is 5.28. The van der Waals surface area contributed by atoms with Crippen LogP contribution in [-0.2, 0) is 0 Å². The molecule has 2 aliphatic carbocycles. The van der Waals surface area contributed by atoms with Gasteiger partial charge in [-0.25, -0.2) is 0 Å². The topological polar surface area (TPSA) is 0 Å². The lowest BCUT2D eigenvalue weighted by Gasteiger charge is -2.37. The van der Waals surface area contributed by atoms with Crippen LogP contribution in [0.15, 0.2) is 44.2 Å². The fourth-order valence-electron chi connectivity index (χ4n) is 4.87. The van der Waals surface area contributed by atoms with Gasteiger partial charge in [0.1, 0.15) is 0 Å². The summed E-state index contributed by atoms with van der Waals surface area (Å²) >= 11 is 0. The van der Waals surface area contributed by atoms with Crippen molar-refractivity contribution in [3.8, 4) is 0 Å². The molecule has 0 N–H and O–H groups in total. The fraction of sp³-hybridized carbons (Fsp3) is 0.667. The number of hydrogen-bond donors (Lipinski definition) is 0. The third-order valence-electron chi connectivity index (χ3n) is 7.05. The number of allylic oxidation sites excluding steroid dienone is 8. The fourth-order valence-corrected chi connectivity index (χ4v) is 19.2. The van der Waals surface area contributed by atoms with E-state index in [1.54, 1.807) is 5.20 Å². The highest BCUT2D eigenvalue weighted by Gasteiger charge is 2.46. The van der Waals surface area contributed by atoms with Gasteiger partial charge in [-0.15, -0.1) is 0 Å². The molecule has 1 unspecified atom stereocenters. The summed E-state index contributed by atoms with van der Waals surface area (Å²) < 4.78 is 0. The molecule has 0 bridgehead atoms. The molecule has 0 fully saturated rings. The molecule has 0 aliphatic heterocycles. The standard InChI is InChI=1S/C24H48Si5/c1-25(2,3)19-15-23(28(10,11)12)24(16-19)29(13,14)20-17-21(26(4,5)6)22(18-20)27(7,8)9/h15-17,24H,18H2,1-14H3. The summed E-state index contributed by atoms with van der Waals surface area (Å²) in [5, 5.41) is 9.14. The molecule has 0 heterocycles. The van der Waals surface area contributed by atoms with Gasteiger partial charge in [-0.1, -0.05) is 136 Å². The molecule has 0 aromatic heterocycles. The van der Waals surface area contributed by atoms with Crippen LogP contribution in [0.5, 0.6) is 0 Å². The maximum Gasteiger partial charge on any atom is 0.0863 e. The van der Waals surface area contributed by atoms with Gasteiger partial charge in [0, 0.05) is 0 Å². The van der Waals surface area contributed by atoms with Gasteiger partial charge < -0.3 is 0 Å². The Balaban J connectivity index is 2.55. The second-order valence-electron chi connectivity index (χ2n) is 14.2. The first kappa shape index (κ1) is 25.3. The van der Waals surface area contributed by atoms with Crippen LogP contribution >= 0.6 is 0 Å². The highest BCUT2D eigenvalue weighted by atomic mass is 28.3. The Hall–Kier alpha value is 0.0444. The maximum atomic E-state index is 2.77. The lowest BCUT2D eigenvalue weighted by Crippen LogP contribution is -2.40. The monoisotopic (exact) mass is 476 g/mol. The van der Waals surface area contributed by atoms with E-state index in [1.807, 2.05) is 20.8 Å². The van der Waals surface area contributed by atoms with E-state index in [2.05, 4.69) is 110 Å². The first-order valence-electron chi connectivity index (χ1n) is 11.6. The molecule has 0 spiro atoms. The van der Waals surface area contributed by atoms with Crippen LogP contribution in [-0.4, -0.2) is 40.4 Å². The van der Waals surface area contributed by atoms with Crippen molar-refractivity contribution in [1.82, 2.24) is 0 Å². The first-order valence-corrected chi connectivity index (χ1v) is 28.6. The van der Waals surface area contributed by atoms with E-state index in [0.717, 1.165) is 5.54 Å². The highest BCUT2D eigenvalue weighted by molar-refractivity contribution is 6.95. The molecule has 2 aliphatic rings. The molecule has 29 heavy (non-hydrogen) atoms. The molecule has 0 amide bonds. The van der Waals surface area contributed by atoms with E-state index >= 15 is 0 Å². The van der Waals surface area contributed by atoms with Crippen molar-refractivity contribution in [3.05, 3.63) is 44.2 Å². The van der Waals surface area contributed by atoms with Crippen molar-refractivity contribution in [3.63, 3.8) is 0 Å². The average Bonchev–Trinajstić information content (AvgIpc) is 3.10. The smallest absolute Gasteiger partial charge is 0.0809 e. The van der Waals surface area contributed by atoms with Crippen LogP contribution in [0.4, 0.5) is 0 Å². The molecular weight excluding hydrogens is 429 g/mol. The van der Waals surface area contributed by atoms with Gasteiger partial charge >= 0.3 is 0 Å². The van der Waals surface area contributed by atoms with E-state index in [9.17, 15) is 0 Å². The number of rotatable bonds is 6. The second-order valence-corrected chi connectivity index (χ2v) is 39.2. The van der Waals surface area contributed by atoms with Gasteiger partial charge in [-0.2, -0.15) is 0 Å². The summed E-state index contributed by atoms with van der Waals surface area (Å²) in [6, 6.07) is 0. The zero-order chi connectivity index (χ0) is 22.8. The first-order chi connectivity index (χ1) is 12.7. The van der Waals surface area contributed by atoms with Gasteiger partial charge in [0.15, 0.2) is 0 Å². The van der Waals surface area contributed by atoms with Crippen LogP contribution in [0.2, 0.25) is 97.2 Å². The van der Waals surface area contributed by atoms with Crippen molar-refractivity contribution in [1.29, 1.82) is 0 Å². The molecule has 0 nitrogen and oxygen atoms in total. The molecule has 164 valence electrons. The maximum absolute atomic E-state index is 2.77. The minimum Gasteiger partial charge on any atom is -0.0809 e. The Labute approximate surface area is 187 Å². The van der Waals surface area contributed by atoms with Gasteiger partial charge in [-0.05, 0) is 12.0 Å². The predicted octanol–water partition coefficient (Wildman–Crippen LogP) is 8.61. The van der Waals surface area contributed by atoms with Crippen molar-refractivity contribution < 1.29 is 0 Å². The summed E-state index contributed by atoms with van der Waals surface area (Å²) in [6.07, 6.45) is 9.53. The van der Waals surface area contributed by atoms with Crippen LogP contribution < -0.4 is 0 Å². The van der Waals surface area contributed by atoms with Crippen molar-refractivity contribution in [2.45, 2.75) is 104 Å². The summed E-state index contributed by atoms with van der Waals surface area (Å²) in [5.74, 6) is 0. The van der Waals surface area contributed by atoms with Crippen molar-refractivity contribution in [2.24, 2.45) is 0 Å². The lowest BCUT2D eigenvalue weighted by atomic mass is 10.4. The van der Waals surface area contributed by atoms with E-state index in [1.165, 1.54) is 6.42 Å². The summed E-state index contributed by atoms with van der Waals surface area (Å²) in [5.41, 5.74) is 0.728. The molecule has 0 saturated heterocycles. The molecule has 1 atom stereocenters. The molecule has 0 radical (unpaired) electrons. The van der Waals surface area contributed by atoms with Gasteiger partial charge in [-0.3, -0.25) is 0 Å². The zero-order valence-corrected chi connectivity index (χ0v) is 27.0. The van der Waals surface area contributed by atoms with Crippen LogP contribution in [0.1, 0.15) is 6.42 Å². The van der Waals surface area contributed by atoms with Crippen molar-refractivity contribution >= 4 is 40.4 Å². The largest absolute Gasteiger partial charge is 0.0863 e. The van der Waals surface area contributed by atoms with Crippen LogP contribution in [0.3, 0.4) is 0 Å². The highest BCUT2D eigenvalue weighted by Crippen LogP contribution is 2.50. The zero-order valence-electron chi connectivity index (χ0n) is 22.0. The molecular formula is C24H48Si5. The minimum atomic E-state index is -1.60. The van der Waals surface area contributed by atoms with E-state index in [-0.39, 0.29) is 0 Å². The SMILES string of the molecule is C[Si](C)(C)C1=CC([Si](C)(C)C2=CC([Si](C)(C)C)=C([Si](C)(C)C)C2)C([Si](C)(C)C)=C1. The minimum absolute atomic E-state index is 0.728. The third-order valence-corrected chi connectivity index (χ3v) is 20.2. The van der Waals surface area contributed by atoms with E-state index in [0.29, 0.717) is 0 Å². The Morgan fingerprint density at radius 3 is 1.48 bits per heavy atom. The Morgan fingerprint density at radius 2 is 1.14 bits per heavy atom. The van der Waals surface area contributed by atoms with E-state index in [4.69, 9.17) is 0 Å². The molecule has 0 saturated carbocycles. The lowest BCUT2D eigenvalue weighted by molar-refractivity contribution is 1.19. The predicted molar refractivity (Wildman–Crippen MR) is 151 cm³/mol. The summed E-state index contributed by atoms with van der Waals surface area (Å²) in [6.45, 7) is 36.0. The van der Waals surface area contributed by atoms with Gasteiger partial charge in [0.05, 0.1) is 40.4 Å². The second kappa shape index (κ2) is 7.57. The Kier molecular flexibility index (Phi) is 6.61. The van der Waals surface area contributed by atoms with Crippen LogP contribution in [0, 0.1) is 0 Å². The summed E-state index contributed by atoms with van der Waals surface area (Å²) in [4.78, 5) is 0. The quantitative estimate of drug-likeness (QED) is 0.336. The van der Waals surface area contributed by atoms with Crippen molar-refractivity contribution in [2.75, 3.05) is 0 Å². The Morgan fingerprint density at radius 1 is 0.621 bits per heavy atom. The van der Waals surface area contributed by atoms with E-state index < -0.39 is 40.4 Å². The normalized spacial score (nSPS) is 22.1. The average molecular weight is 477 g/mol.